The molecule has 1 unspecified atom stereocenters. The van der Waals surface area contributed by atoms with Gasteiger partial charge in [-0.25, -0.2) is 0 Å². The minimum Gasteiger partial charge on any atom is -0.471 e. The van der Waals surface area contributed by atoms with Crippen LogP contribution in [0.1, 0.15) is 17.4 Å². The van der Waals surface area contributed by atoms with E-state index in [-0.39, 0.29) is 6.23 Å². The summed E-state index contributed by atoms with van der Waals surface area (Å²) in [7, 11) is 0. The molecule has 0 bridgehead atoms. The van der Waals surface area contributed by atoms with Gasteiger partial charge in [0.2, 0.25) is 0 Å². The molecule has 2 nitrogen and oxygen atoms in total. The van der Waals surface area contributed by atoms with Crippen LogP contribution < -0.4 is 10.1 Å². The van der Waals surface area contributed by atoms with Crippen LogP contribution in [0.25, 0.3) is 0 Å². The van der Waals surface area contributed by atoms with E-state index < -0.39 is 0 Å². The molecule has 0 amide bonds. The predicted octanol–water partition coefficient (Wildman–Crippen LogP) is 2.87. The fraction of sp³-hybridized carbons (Fsp3) is 0.143. The van der Waals surface area contributed by atoms with E-state index in [1.165, 1.54) is 11.1 Å². The molecule has 0 aliphatic carbocycles. The normalized spacial score (nSPS) is 18.1. The highest BCUT2D eigenvalue weighted by molar-refractivity contribution is 5.33. The van der Waals surface area contributed by atoms with Gasteiger partial charge in [-0.3, -0.25) is 5.32 Å². The zero-order valence-electron chi connectivity index (χ0n) is 8.89. The van der Waals surface area contributed by atoms with Crippen molar-refractivity contribution in [1.29, 1.82) is 0 Å². The molecule has 0 fully saturated rings. The lowest BCUT2D eigenvalue weighted by Gasteiger charge is -2.14. The van der Waals surface area contributed by atoms with Gasteiger partial charge in [-0.15, -0.1) is 0 Å². The second kappa shape index (κ2) is 3.99. The van der Waals surface area contributed by atoms with E-state index in [1.54, 1.807) is 0 Å². The van der Waals surface area contributed by atoms with Crippen LogP contribution in [0, 0.1) is 0 Å². The molecule has 2 aromatic carbocycles. The van der Waals surface area contributed by atoms with Crippen molar-refractivity contribution in [2.75, 3.05) is 0 Å². The Morgan fingerprint density at radius 1 is 0.938 bits per heavy atom. The molecule has 80 valence electrons. The van der Waals surface area contributed by atoms with Crippen molar-refractivity contribution in [3.8, 4) is 5.75 Å². The van der Waals surface area contributed by atoms with Gasteiger partial charge in [0, 0.05) is 12.1 Å². The van der Waals surface area contributed by atoms with E-state index in [9.17, 15) is 0 Å². The van der Waals surface area contributed by atoms with Crippen LogP contribution in [-0.4, -0.2) is 0 Å². The molecule has 1 N–H and O–H groups in total. The van der Waals surface area contributed by atoms with Gasteiger partial charge in [0.1, 0.15) is 5.75 Å². The van der Waals surface area contributed by atoms with Crippen molar-refractivity contribution in [1.82, 2.24) is 5.32 Å². The number of nitrogens with one attached hydrogen (secondary N) is 1. The molecule has 0 radical (unpaired) electrons. The minimum atomic E-state index is -0.0152. The van der Waals surface area contributed by atoms with Gasteiger partial charge in [-0.05, 0) is 17.7 Å². The van der Waals surface area contributed by atoms with Gasteiger partial charge in [0.25, 0.3) is 0 Å². The predicted molar refractivity (Wildman–Crippen MR) is 63.1 cm³/mol. The average Bonchev–Trinajstić information content (AvgIpc) is 2.74. The zero-order chi connectivity index (χ0) is 10.8. The van der Waals surface area contributed by atoms with Crippen LogP contribution in [0.5, 0.6) is 5.75 Å². The SMILES string of the molecule is c1ccc(OC2NCc3ccccc32)cc1. The average molecular weight is 211 g/mol. The highest BCUT2D eigenvalue weighted by Crippen LogP contribution is 2.27. The standard InChI is InChI=1S/C14H13NO/c1-2-7-12(8-3-1)16-14-13-9-5-4-6-11(13)10-15-14/h1-9,14-15H,10H2. The van der Waals surface area contributed by atoms with Crippen molar-refractivity contribution in [2.45, 2.75) is 12.8 Å². The lowest BCUT2D eigenvalue weighted by molar-refractivity contribution is 0.179. The summed E-state index contributed by atoms with van der Waals surface area (Å²) in [4.78, 5) is 0. The lowest BCUT2D eigenvalue weighted by Crippen LogP contribution is -2.18. The van der Waals surface area contributed by atoms with Crippen LogP contribution >= 0.6 is 0 Å². The summed E-state index contributed by atoms with van der Waals surface area (Å²) in [6, 6.07) is 18.3. The number of hydrogen-bond donors (Lipinski definition) is 1. The Kier molecular flexibility index (Phi) is 2.35. The van der Waals surface area contributed by atoms with Crippen LogP contribution in [0.4, 0.5) is 0 Å². The first-order valence-corrected chi connectivity index (χ1v) is 5.46. The molecule has 2 heteroatoms. The van der Waals surface area contributed by atoms with E-state index in [0.29, 0.717) is 0 Å². The molecule has 16 heavy (non-hydrogen) atoms. The largest absolute Gasteiger partial charge is 0.471 e. The first kappa shape index (κ1) is 9.43. The molecule has 1 atom stereocenters. The molecule has 0 saturated carbocycles. The first-order valence-electron chi connectivity index (χ1n) is 5.46. The quantitative estimate of drug-likeness (QED) is 0.824. The summed E-state index contributed by atoms with van der Waals surface area (Å²) in [6.07, 6.45) is -0.0152. The Morgan fingerprint density at radius 2 is 1.69 bits per heavy atom. The number of benzene rings is 2. The Labute approximate surface area is 94.9 Å². The van der Waals surface area contributed by atoms with Crippen molar-refractivity contribution in [3.63, 3.8) is 0 Å². The Bertz CT molecular complexity index is 481. The third-order valence-electron chi connectivity index (χ3n) is 2.81. The number of hydrogen-bond acceptors (Lipinski definition) is 2. The molecule has 1 heterocycles. The molecule has 3 rings (SSSR count). The second-order valence-electron chi connectivity index (χ2n) is 3.89. The fourth-order valence-electron chi connectivity index (χ4n) is 2.00. The van der Waals surface area contributed by atoms with E-state index in [0.717, 1.165) is 12.3 Å². The molecule has 1 aliphatic heterocycles. The van der Waals surface area contributed by atoms with Gasteiger partial charge in [0.15, 0.2) is 6.23 Å². The lowest BCUT2D eigenvalue weighted by atomic mass is 10.1. The van der Waals surface area contributed by atoms with E-state index in [4.69, 9.17) is 4.74 Å². The molecule has 2 aromatic rings. The summed E-state index contributed by atoms with van der Waals surface area (Å²) < 4.78 is 5.89. The Morgan fingerprint density at radius 3 is 2.56 bits per heavy atom. The molecular formula is C14H13NO. The zero-order valence-corrected chi connectivity index (χ0v) is 8.89. The highest BCUT2D eigenvalue weighted by atomic mass is 16.5. The summed E-state index contributed by atoms with van der Waals surface area (Å²) in [5.41, 5.74) is 2.56. The molecular weight excluding hydrogens is 198 g/mol. The van der Waals surface area contributed by atoms with Gasteiger partial charge in [-0.1, -0.05) is 42.5 Å². The molecule has 0 saturated heterocycles. The summed E-state index contributed by atoms with van der Waals surface area (Å²) in [5.74, 6) is 0.900. The maximum Gasteiger partial charge on any atom is 0.177 e. The second-order valence-corrected chi connectivity index (χ2v) is 3.89. The maximum atomic E-state index is 5.89. The van der Waals surface area contributed by atoms with E-state index >= 15 is 0 Å². The van der Waals surface area contributed by atoms with E-state index in [1.807, 2.05) is 36.4 Å². The fourth-order valence-corrected chi connectivity index (χ4v) is 2.00. The number of rotatable bonds is 2. The summed E-state index contributed by atoms with van der Waals surface area (Å²) in [5, 5.41) is 3.35. The molecule has 0 spiro atoms. The maximum absolute atomic E-state index is 5.89. The van der Waals surface area contributed by atoms with Gasteiger partial charge < -0.3 is 4.74 Å². The van der Waals surface area contributed by atoms with Crippen molar-refractivity contribution < 1.29 is 4.74 Å². The van der Waals surface area contributed by atoms with Crippen LogP contribution in [-0.2, 0) is 6.54 Å². The summed E-state index contributed by atoms with van der Waals surface area (Å²) >= 11 is 0. The van der Waals surface area contributed by atoms with Crippen LogP contribution in [0.2, 0.25) is 0 Å². The van der Waals surface area contributed by atoms with Crippen molar-refractivity contribution >= 4 is 0 Å². The van der Waals surface area contributed by atoms with E-state index in [2.05, 4.69) is 23.5 Å². The van der Waals surface area contributed by atoms with Gasteiger partial charge in [-0.2, -0.15) is 0 Å². The first-order chi connectivity index (χ1) is 7.93. The number of fused-ring (bicyclic) bond motifs is 1. The van der Waals surface area contributed by atoms with Crippen molar-refractivity contribution in [3.05, 3.63) is 65.7 Å². The Hall–Kier alpha value is -1.80. The highest BCUT2D eigenvalue weighted by Gasteiger charge is 2.22. The van der Waals surface area contributed by atoms with Gasteiger partial charge >= 0.3 is 0 Å². The third-order valence-corrected chi connectivity index (χ3v) is 2.81. The topological polar surface area (TPSA) is 21.3 Å². The minimum absolute atomic E-state index is 0.0152. The third kappa shape index (κ3) is 1.68. The Balaban J connectivity index is 1.84. The van der Waals surface area contributed by atoms with Gasteiger partial charge in [0.05, 0.1) is 0 Å². The van der Waals surface area contributed by atoms with Crippen LogP contribution in [0.15, 0.2) is 54.6 Å². The number of ether oxygens (including phenoxy) is 1. The summed E-state index contributed by atoms with van der Waals surface area (Å²) in [6.45, 7) is 0.883. The molecule has 0 aromatic heterocycles. The van der Waals surface area contributed by atoms with Crippen LogP contribution in [0.3, 0.4) is 0 Å². The smallest absolute Gasteiger partial charge is 0.177 e. The molecule has 1 aliphatic rings. The van der Waals surface area contributed by atoms with Crippen molar-refractivity contribution in [2.24, 2.45) is 0 Å². The number of para-hydroxylation sites is 1. The monoisotopic (exact) mass is 211 g/mol.